The Morgan fingerprint density at radius 1 is 1.20 bits per heavy atom. The summed E-state index contributed by atoms with van der Waals surface area (Å²) >= 11 is 0. The van der Waals surface area contributed by atoms with Crippen molar-refractivity contribution in [2.24, 2.45) is 5.92 Å². The molecule has 0 radical (unpaired) electrons. The molecule has 0 spiro atoms. The van der Waals surface area contributed by atoms with Gasteiger partial charge in [0.25, 0.3) is 5.91 Å². The van der Waals surface area contributed by atoms with Gasteiger partial charge < -0.3 is 10.6 Å². The minimum Gasteiger partial charge on any atom is -0.348 e. The highest BCUT2D eigenvalue weighted by Crippen LogP contribution is 2.22. The zero-order valence-electron chi connectivity index (χ0n) is 13.0. The Hall–Kier alpha value is -1.35. The zero-order valence-corrected chi connectivity index (χ0v) is 13.0. The maximum Gasteiger partial charge on any atom is 0.251 e. The SMILES string of the molecule is CC1CNCC(NC(=O)c2ccc(C(C)(C)C)cc2)C1. The van der Waals surface area contributed by atoms with Crippen molar-refractivity contribution >= 4 is 5.91 Å². The molecule has 1 aromatic carbocycles. The summed E-state index contributed by atoms with van der Waals surface area (Å²) in [6.45, 7) is 10.7. The monoisotopic (exact) mass is 274 g/mol. The Morgan fingerprint density at radius 2 is 1.85 bits per heavy atom. The number of benzene rings is 1. The number of amides is 1. The molecule has 110 valence electrons. The second-order valence-corrected chi connectivity index (χ2v) is 7.00. The molecule has 3 nitrogen and oxygen atoms in total. The third-order valence-corrected chi connectivity index (χ3v) is 3.92. The lowest BCUT2D eigenvalue weighted by molar-refractivity contribution is 0.0925. The van der Waals surface area contributed by atoms with E-state index in [1.165, 1.54) is 5.56 Å². The van der Waals surface area contributed by atoms with Crippen LogP contribution < -0.4 is 10.6 Å². The van der Waals surface area contributed by atoms with Crippen molar-refractivity contribution in [2.45, 2.75) is 45.6 Å². The first-order valence-electron chi connectivity index (χ1n) is 7.48. The van der Waals surface area contributed by atoms with Crippen molar-refractivity contribution in [3.63, 3.8) is 0 Å². The van der Waals surface area contributed by atoms with Crippen LogP contribution in [0.2, 0.25) is 0 Å². The Labute approximate surface area is 122 Å². The van der Waals surface area contributed by atoms with Gasteiger partial charge in [-0.3, -0.25) is 4.79 Å². The van der Waals surface area contributed by atoms with Gasteiger partial charge >= 0.3 is 0 Å². The highest BCUT2D eigenvalue weighted by molar-refractivity contribution is 5.94. The van der Waals surface area contributed by atoms with Crippen LogP contribution in [0.5, 0.6) is 0 Å². The molecule has 2 rings (SSSR count). The van der Waals surface area contributed by atoms with Gasteiger partial charge in [0.1, 0.15) is 0 Å². The molecule has 0 aliphatic carbocycles. The quantitative estimate of drug-likeness (QED) is 0.870. The number of hydrogen-bond acceptors (Lipinski definition) is 2. The molecule has 2 unspecified atom stereocenters. The molecule has 0 saturated carbocycles. The topological polar surface area (TPSA) is 41.1 Å². The van der Waals surface area contributed by atoms with Crippen LogP contribution in [0.1, 0.15) is 50.0 Å². The van der Waals surface area contributed by atoms with E-state index in [9.17, 15) is 4.79 Å². The maximum atomic E-state index is 12.2. The molecule has 1 amide bonds. The summed E-state index contributed by atoms with van der Waals surface area (Å²) < 4.78 is 0. The van der Waals surface area contributed by atoms with Crippen LogP contribution >= 0.6 is 0 Å². The van der Waals surface area contributed by atoms with E-state index in [1.807, 2.05) is 12.1 Å². The van der Waals surface area contributed by atoms with Gasteiger partial charge in [0.15, 0.2) is 0 Å². The maximum absolute atomic E-state index is 12.2. The molecule has 1 fully saturated rings. The van der Waals surface area contributed by atoms with Crippen molar-refractivity contribution in [1.82, 2.24) is 10.6 Å². The lowest BCUT2D eigenvalue weighted by Crippen LogP contribution is -2.48. The second kappa shape index (κ2) is 5.96. The van der Waals surface area contributed by atoms with Crippen molar-refractivity contribution in [1.29, 1.82) is 0 Å². The van der Waals surface area contributed by atoms with Crippen LogP contribution in [-0.4, -0.2) is 25.0 Å². The van der Waals surface area contributed by atoms with Gasteiger partial charge in [0.2, 0.25) is 0 Å². The van der Waals surface area contributed by atoms with Gasteiger partial charge in [-0.1, -0.05) is 39.8 Å². The second-order valence-electron chi connectivity index (χ2n) is 7.00. The van der Waals surface area contributed by atoms with Gasteiger partial charge in [-0.05, 0) is 42.0 Å². The molecule has 0 aromatic heterocycles. The van der Waals surface area contributed by atoms with Crippen LogP contribution in [0.3, 0.4) is 0 Å². The van der Waals surface area contributed by atoms with Crippen molar-refractivity contribution < 1.29 is 4.79 Å². The Balaban J connectivity index is 1.99. The first kappa shape index (κ1) is 15.0. The average molecular weight is 274 g/mol. The van der Waals surface area contributed by atoms with E-state index < -0.39 is 0 Å². The molecule has 0 bridgehead atoms. The number of rotatable bonds is 2. The van der Waals surface area contributed by atoms with E-state index in [0.717, 1.165) is 25.1 Å². The largest absolute Gasteiger partial charge is 0.348 e. The normalized spacial score (nSPS) is 23.4. The third kappa shape index (κ3) is 3.83. The lowest BCUT2D eigenvalue weighted by Gasteiger charge is -2.28. The van der Waals surface area contributed by atoms with E-state index >= 15 is 0 Å². The predicted molar refractivity (Wildman–Crippen MR) is 83.0 cm³/mol. The fraction of sp³-hybridized carbons (Fsp3) is 0.588. The summed E-state index contributed by atoms with van der Waals surface area (Å²) in [4.78, 5) is 12.2. The number of carbonyl (C=O) groups is 1. The average Bonchev–Trinajstić information content (AvgIpc) is 2.38. The smallest absolute Gasteiger partial charge is 0.251 e. The van der Waals surface area contributed by atoms with Crippen LogP contribution in [-0.2, 0) is 5.41 Å². The molecule has 1 heterocycles. The minimum atomic E-state index is 0.0337. The van der Waals surface area contributed by atoms with E-state index in [-0.39, 0.29) is 17.4 Å². The number of piperidine rings is 1. The minimum absolute atomic E-state index is 0.0337. The van der Waals surface area contributed by atoms with Crippen LogP contribution in [0.25, 0.3) is 0 Å². The Morgan fingerprint density at radius 3 is 2.40 bits per heavy atom. The van der Waals surface area contributed by atoms with Gasteiger partial charge in [0.05, 0.1) is 0 Å². The molecule has 1 aliphatic rings. The zero-order chi connectivity index (χ0) is 14.8. The van der Waals surface area contributed by atoms with Gasteiger partial charge in [-0.15, -0.1) is 0 Å². The summed E-state index contributed by atoms with van der Waals surface area (Å²) in [5.41, 5.74) is 2.12. The van der Waals surface area contributed by atoms with E-state index in [1.54, 1.807) is 0 Å². The summed E-state index contributed by atoms with van der Waals surface area (Å²) in [7, 11) is 0. The molecule has 2 atom stereocenters. The predicted octanol–water partition coefficient (Wildman–Crippen LogP) is 2.71. The fourth-order valence-electron chi connectivity index (χ4n) is 2.66. The summed E-state index contributed by atoms with van der Waals surface area (Å²) in [5.74, 6) is 0.656. The van der Waals surface area contributed by atoms with Gasteiger partial charge in [-0.2, -0.15) is 0 Å². The lowest BCUT2D eigenvalue weighted by atomic mass is 9.86. The van der Waals surface area contributed by atoms with Crippen molar-refractivity contribution in [3.8, 4) is 0 Å². The Kier molecular flexibility index (Phi) is 4.48. The first-order valence-corrected chi connectivity index (χ1v) is 7.48. The molecule has 2 N–H and O–H groups in total. The molecule has 3 heteroatoms. The molecule has 20 heavy (non-hydrogen) atoms. The number of carbonyl (C=O) groups excluding carboxylic acids is 1. The van der Waals surface area contributed by atoms with Gasteiger partial charge in [0, 0.05) is 18.2 Å². The first-order chi connectivity index (χ1) is 9.36. The highest BCUT2D eigenvalue weighted by atomic mass is 16.1. The summed E-state index contributed by atoms with van der Waals surface area (Å²) in [6, 6.07) is 8.20. The van der Waals surface area contributed by atoms with E-state index in [2.05, 4.69) is 50.5 Å². The molecular formula is C17H26N2O. The third-order valence-electron chi connectivity index (χ3n) is 3.92. The van der Waals surface area contributed by atoms with Gasteiger partial charge in [-0.25, -0.2) is 0 Å². The molecule has 1 aliphatic heterocycles. The number of nitrogens with one attached hydrogen (secondary N) is 2. The van der Waals surface area contributed by atoms with Crippen LogP contribution in [0, 0.1) is 5.92 Å². The molecule has 1 aromatic rings. The van der Waals surface area contributed by atoms with Crippen LogP contribution in [0.15, 0.2) is 24.3 Å². The van der Waals surface area contributed by atoms with E-state index in [0.29, 0.717) is 5.92 Å². The highest BCUT2D eigenvalue weighted by Gasteiger charge is 2.21. The van der Waals surface area contributed by atoms with Crippen molar-refractivity contribution in [2.75, 3.05) is 13.1 Å². The number of hydrogen-bond donors (Lipinski definition) is 2. The summed E-state index contributed by atoms with van der Waals surface area (Å²) in [6.07, 6.45) is 1.05. The molecular weight excluding hydrogens is 248 g/mol. The fourth-order valence-corrected chi connectivity index (χ4v) is 2.66. The van der Waals surface area contributed by atoms with Crippen molar-refractivity contribution in [3.05, 3.63) is 35.4 Å². The summed E-state index contributed by atoms with van der Waals surface area (Å²) in [5, 5.41) is 6.48. The van der Waals surface area contributed by atoms with Crippen LogP contribution in [0.4, 0.5) is 0 Å². The molecule has 1 saturated heterocycles. The Bertz CT molecular complexity index is 459. The standard InChI is InChI=1S/C17H26N2O/c1-12-9-15(11-18-10-12)19-16(20)13-5-7-14(8-6-13)17(2,3)4/h5-8,12,15,18H,9-11H2,1-4H3,(H,19,20). The van der Waals surface area contributed by atoms with E-state index in [4.69, 9.17) is 0 Å².